The molecule has 1 aliphatic rings. The van der Waals surface area contributed by atoms with Crippen molar-refractivity contribution in [3.63, 3.8) is 0 Å². The highest BCUT2D eigenvalue weighted by atomic mass is 16.2. The first-order chi connectivity index (χ1) is 15.0. The Balaban J connectivity index is 1.58. The summed E-state index contributed by atoms with van der Waals surface area (Å²) < 4.78 is 1.48. The van der Waals surface area contributed by atoms with E-state index >= 15 is 0 Å². The van der Waals surface area contributed by atoms with Gasteiger partial charge in [0.05, 0.1) is 17.6 Å². The summed E-state index contributed by atoms with van der Waals surface area (Å²) in [5.74, 6) is -1.81. The molecule has 0 radical (unpaired) electrons. The van der Waals surface area contributed by atoms with Gasteiger partial charge in [0.25, 0.3) is 11.8 Å². The highest BCUT2D eigenvalue weighted by molar-refractivity contribution is 6.38. The molecule has 8 heteroatoms. The number of aromatic nitrogens is 3. The maximum atomic E-state index is 13.1. The Morgan fingerprint density at radius 1 is 1.13 bits per heavy atom. The molecule has 2 aromatic heterocycles. The van der Waals surface area contributed by atoms with E-state index in [1.165, 1.54) is 4.68 Å². The number of pyridine rings is 1. The van der Waals surface area contributed by atoms with Gasteiger partial charge in [0.15, 0.2) is 0 Å². The van der Waals surface area contributed by atoms with E-state index in [-0.39, 0.29) is 18.2 Å². The van der Waals surface area contributed by atoms with Crippen molar-refractivity contribution in [3.8, 4) is 5.69 Å². The summed E-state index contributed by atoms with van der Waals surface area (Å²) in [6.07, 6.45) is 5.19. The second-order valence-corrected chi connectivity index (χ2v) is 7.62. The number of hydrogen-bond donors (Lipinski definition) is 2. The molecule has 1 aromatic carbocycles. The number of hydrogen-bond acceptors (Lipinski definition) is 5. The average molecular weight is 417 g/mol. The fourth-order valence-electron chi connectivity index (χ4n) is 3.27. The zero-order chi connectivity index (χ0) is 21.8. The van der Waals surface area contributed by atoms with Gasteiger partial charge in [-0.25, -0.2) is 4.68 Å². The lowest BCUT2D eigenvalue weighted by Gasteiger charge is -2.18. The number of aryl methyl sites for hydroxylation is 1. The number of carbonyl (C=O) groups excluding carboxylic acids is 3. The Morgan fingerprint density at radius 2 is 1.90 bits per heavy atom. The molecule has 1 aliphatic carbocycles. The molecular weight excluding hydrogens is 394 g/mol. The van der Waals surface area contributed by atoms with Crippen molar-refractivity contribution in [2.24, 2.45) is 0 Å². The molecule has 31 heavy (non-hydrogen) atoms. The molecule has 1 atom stereocenters. The first kappa shape index (κ1) is 20.5. The van der Waals surface area contributed by atoms with Crippen LogP contribution in [0.1, 0.15) is 34.6 Å². The molecule has 8 nitrogen and oxygen atoms in total. The number of amides is 2. The molecule has 0 spiro atoms. The molecular formula is C23H23N5O3. The number of carbonyl (C=O) groups is 3. The van der Waals surface area contributed by atoms with Crippen LogP contribution in [-0.4, -0.2) is 44.4 Å². The molecule has 1 fully saturated rings. The van der Waals surface area contributed by atoms with Gasteiger partial charge in [0.1, 0.15) is 11.7 Å². The van der Waals surface area contributed by atoms with Gasteiger partial charge in [-0.3, -0.25) is 19.4 Å². The van der Waals surface area contributed by atoms with Gasteiger partial charge in [0, 0.05) is 18.7 Å². The van der Waals surface area contributed by atoms with Gasteiger partial charge in [-0.2, -0.15) is 5.10 Å². The Bertz CT molecular complexity index is 1090. The summed E-state index contributed by atoms with van der Waals surface area (Å²) in [4.78, 5) is 42.5. The smallest absolute Gasteiger partial charge is 0.289 e. The highest BCUT2D eigenvalue weighted by Gasteiger charge is 2.32. The number of rotatable bonds is 8. The highest BCUT2D eigenvalue weighted by Crippen LogP contribution is 2.19. The molecule has 0 saturated heterocycles. The third-order valence-electron chi connectivity index (χ3n) is 5.00. The van der Waals surface area contributed by atoms with E-state index < -0.39 is 23.6 Å². The molecule has 2 amide bonds. The van der Waals surface area contributed by atoms with E-state index in [0.717, 1.165) is 18.4 Å². The summed E-state index contributed by atoms with van der Waals surface area (Å²) in [6.45, 7) is 1.78. The van der Waals surface area contributed by atoms with Crippen molar-refractivity contribution in [2.75, 3.05) is 0 Å². The molecule has 1 unspecified atom stereocenters. The third-order valence-corrected chi connectivity index (χ3v) is 5.00. The first-order valence-corrected chi connectivity index (χ1v) is 10.2. The van der Waals surface area contributed by atoms with Crippen molar-refractivity contribution in [1.29, 1.82) is 0 Å². The summed E-state index contributed by atoms with van der Waals surface area (Å²) in [7, 11) is 0. The van der Waals surface area contributed by atoms with Crippen LogP contribution in [0.3, 0.4) is 0 Å². The Labute approximate surface area is 179 Å². The molecule has 2 N–H and O–H groups in total. The quantitative estimate of drug-likeness (QED) is 0.544. The van der Waals surface area contributed by atoms with Gasteiger partial charge in [-0.1, -0.05) is 30.3 Å². The number of benzene rings is 1. The van der Waals surface area contributed by atoms with Crippen LogP contribution in [-0.2, 0) is 16.0 Å². The van der Waals surface area contributed by atoms with Crippen LogP contribution in [0.2, 0.25) is 0 Å². The summed E-state index contributed by atoms with van der Waals surface area (Å²) >= 11 is 0. The van der Waals surface area contributed by atoms with E-state index in [4.69, 9.17) is 0 Å². The molecule has 4 rings (SSSR count). The van der Waals surface area contributed by atoms with Crippen LogP contribution in [0.4, 0.5) is 0 Å². The second-order valence-electron chi connectivity index (χ2n) is 7.62. The van der Waals surface area contributed by atoms with Crippen molar-refractivity contribution < 1.29 is 14.4 Å². The SMILES string of the molecule is Cc1cc(C(=O)NC(Cc2ccccc2)C(=O)C(=O)NC2CC2)n(-c2cccnc2)n1. The number of ketones is 1. The van der Waals surface area contributed by atoms with Crippen LogP contribution in [0.15, 0.2) is 60.9 Å². The topological polar surface area (TPSA) is 106 Å². The van der Waals surface area contributed by atoms with Crippen LogP contribution < -0.4 is 10.6 Å². The molecule has 1 saturated carbocycles. The van der Waals surface area contributed by atoms with Crippen LogP contribution in [0.25, 0.3) is 5.69 Å². The fourth-order valence-corrected chi connectivity index (χ4v) is 3.27. The monoisotopic (exact) mass is 417 g/mol. The molecule has 0 aliphatic heterocycles. The van der Waals surface area contributed by atoms with E-state index in [1.807, 2.05) is 30.3 Å². The predicted molar refractivity (Wildman–Crippen MR) is 114 cm³/mol. The van der Waals surface area contributed by atoms with Crippen molar-refractivity contribution >= 4 is 17.6 Å². The van der Waals surface area contributed by atoms with Crippen LogP contribution in [0.5, 0.6) is 0 Å². The van der Waals surface area contributed by atoms with E-state index in [0.29, 0.717) is 11.4 Å². The minimum Gasteiger partial charge on any atom is -0.347 e. The molecule has 158 valence electrons. The maximum Gasteiger partial charge on any atom is 0.289 e. The lowest BCUT2D eigenvalue weighted by atomic mass is 10.0. The van der Waals surface area contributed by atoms with Crippen molar-refractivity contribution in [1.82, 2.24) is 25.4 Å². The number of nitrogens with zero attached hydrogens (tertiary/aromatic N) is 3. The Kier molecular flexibility index (Phi) is 5.88. The Hall–Kier alpha value is -3.81. The zero-order valence-corrected chi connectivity index (χ0v) is 17.1. The van der Waals surface area contributed by atoms with Gasteiger partial charge in [-0.05, 0) is 43.5 Å². The largest absolute Gasteiger partial charge is 0.347 e. The lowest BCUT2D eigenvalue weighted by Crippen LogP contribution is -2.49. The summed E-state index contributed by atoms with van der Waals surface area (Å²) in [5.41, 5.74) is 2.38. The Morgan fingerprint density at radius 3 is 2.58 bits per heavy atom. The van der Waals surface area contributed by atoms with Gasteiger partial charge < -0.3 is 10.6 Å². The normalized spacial score (nSPS) is 14.0. The fraction of sp³-hybridized carbons (Fsp3) is 0.261. The van der Waals surface area contributed by atoms with Gasteiger partial charge >= 0.3 is 0 Å². The lowest BCUT2D eigenvalue weighted by molar-refractivity contribution is -0.139. The summed E-state index contributed by atoms with van der Waals surface area (Å²) in [5, 5.41) is 9.83. The number of Topliss-reactive ketones (excluding diaryl/α,β-unsaturated/α-hetero) is 1. The molecule has 3 aromatic rings. The average Bonchev–Trinajstić information content (AvgIpc) is 3.51. The molecule has 2 heterocycles. The molecule has 0 bridgehead atoms. The number of nitrogens with one attached hydrogen (secondary N) is 2. The van der Waals surface area contributed by atoms with Crippen LogP contribution in [0, 0.1) is 6.92 Å². The van der Waals surface area contributed by atoms with Gasteiger partial charge in [0.2, 0.25) is 5.78 Å². The first-order valence-electron chi connectivity index (χ1n) is 10.2. The summed E-state index contributed by atoms with van der Waals surface area (Å²) in [6, 6.07) is 13.5. The van der Waals surface area contributed by atoms with Crippen molar-refractivity contribution in [3.05, 3.63) is 77.9 Å². The third kappa shape index (κ3) is 5.03. The zero-order valence-electron chi connectivity index (χ0n) is 17.1. The second kappa shape index (κ2) is 8.91. The van der Waals surface area contributed by atoms with Gasteiger partial charge in [-0.15, -0.1) is 0 Å². The van der Waals surface area contributed by atoms with E-state index in [9.17, 15) is 14.4 Å². The van der Waals surface area contributed by atoms with Crippen LogP contribution >= 0.6 is 0 Å². The minimum atomic E-state index is -0.994. The predicted octanol–water partition coefficient (Wildman–Crippen LogP) is 1.76. The standard InChI is InChI=1S/C23H23N5O3/c1-15-12-20(28(27-15)18-8-5-11-24-14-18)22(30)26-19(13-16-6-3-2-4-7-16)21(29)23(31)25-17-9-10-17/h2-8,11-12,14,17,19H,9-10,13H2,1H3,(H,25,31)(H,26,30). The minimum absolute atomic E-state index is 0.0548. The van der Waals surface area contributed by atoms with Crippen molar-refractivity contribution in [2.45, 2.75) is 38.3 Å². The van der Waals surface area contributed by atoms with E-state index in [1.54, 1.807) is 37.5 Å². The van der Waals surface area contributed by atoms with E-state index in [2.05, 4.69) is 20.7 Å². The maximum absolute atomic E-state index is 13.1.